The molecule has 0 radical (unpaired) electrons. The fourth-order valence-corrected chi connectivity index (χ4v) is 1.26. The number of carbonyl (C=O) groups excluding carboxylic acids is 1. The summed E-state index contributed by atoms with van der Waals surface area (Å²) in [5.74, 6) is 0.0977. The Bertz CT molecular complexity index is 214. The first-order valence-electron chi connectivity index (χ1n) is 4.63. The van der Waals surface area contributed by atoms with Crippen molar-refractivity contribution in [3.05, 3.63) is 0 Å². The highest BCUT2D eigenvalue weighted by molar-refractivity contribution is 6.05. The predicted molar refractivity (Wildman–Crippen MR) is 50.5 cm³/mol. The average molecular weight is 184 g/mol. The average Bonchev–Trinajstić information content (AvgIpc) is 2.44. The fourth-order valence-electron chi connectivity index (χ4n) is 1.26. The van der Waals surface area contributed by atoms with Crippen molar-refractivity contribution in [2.24, 2.45) is 5.10 Å². The summed E-state index contributed by atoms with van der Waals surface area (Å²) in [6, 6.07) is 0. The first-order valence-corrected chi connectivity index (χ1v) is 4.63. The van der Waals surface area contributed by atoms with Crippen LogP contribution in [0.4, 0.5) is 0 Å². The molecule has 0 saturated carbocycles. The Hall–Kier alpha value is -0.900. The molecule has 13 heavy (non-hydrogen) atoms. The molecule has 1 aliphatic rings. The van der Waals surface area contributed by atoms with E-state index < -0.39 is 0 Å². The van der Waals surface area contributed by atoms with Gasteiger partial charge < -0.3 is 4.74 Å². The molecule has 0 aromatic carbocycles. The highest BCUT2D eigenvalue weighted by atomic mass is 16.5. The van der Waals surface area contributed by atoms with Gasteiger partial charge in [0, 0.05) is 13.7 Å². The minimum Gasteiger partial charge on any atom is -0.379 e. The summed E-state index contributed by atoms with van der Waals surface area (Å²) in [7, 11) is 1.61. The van der Waals surface area contributed by atoms with Crippen LogP contribution < -0.4 is 0 Å². The Morgan fingerprint density at radius 2 is 2.38 bits per heavy atom. The maximum Gasteiger partial charge on any atom is 0.248 e. The van der Waals surface area contributed by atoms with Gasteiger partial charge in [-0.2, -0.15) is 5.10 Å². The van der Waals surface area contributed by atoms with Gasteiger partial charge in [-0.05, 0) is 6.42 Å². The molecule has 0 N–H and O–H groups in total. The number of ether oxygens (including phenoxy) is 1. The summed E-state index contributed by atoms with van der Waals surface area (Å²) in [6.07, 6.45) is 2.52. The topological polar surface area (TPSA) is 41.9 Å². The first-order chi connectivity index (χ1) is 6.27. The molecular weight excluding hydrogens is 168 g/mol. The van der Waals surface area contributed by atoms with Crippen LogP contribution in [0, 0.1) is 0 Å². The number of hydrogen-bond donors (Lipinski definition) is 0. The van der Waals surface area contributed by atoms with Gasteiger partial charge in [0.15, 0.2) is 0 Å². The van der Waals surface area contributed by atoms with E-state index in [1.54, 1.807) is 12.1 Å². The quantitative estimate of drug-likeness (QED) is 0.640. The molecule has 0 unspecified atom stereocenters. The zero-order chi connectivity index (χ0) is 9.68. The second-order valence-electron chi connectivity index (χ2n) is 3.15. The monoisotopic (exact) mass is 184 g/mol. The molecule has 1 heterocycles. The van der Waals surface area contributed by atoms with Crippen LogP contribution in [0.3, 0.4) is 0 Å². The number of hydrazone groups is 1. The van der Waals surface area contributed by atoms with Crippen LogP contribution in [0.5, 0.6) is 0 Å². The molecule has 0 fully saturated rings. The Balaban J connectivity index is 2.41. The lowest BCUT2D eigenvalue weighted by Crippen LogP contribution is -2.21. The van der Waals surface area contributed by atoms with Crippen molar-refractivity contribution in [1.29, 1.82) is 0 Å². The molecule has 0 spiro atoms. The van der Waals surface area contributed by atoms with Crippen molar-refractivity contribution < 1.29 is 9.53 Å². The fraction of sp³-hybridized carbons (Fsp3) is 0.778. The molecule has 1 amide bonds. The highest BCUT2D eigenvalue weighted by Gasteiger charge is 2.22. The van der Waals surface area contributed by atoms with Gasteiger partial charge in [-0.3, -0.25) is 4.79 Å². The predicted octanol–water partition coefficient (Wildman–Crippen LogP) is 1.02. The second-order valence-corrected chi connectivity index (χ2v) is 3.15. The van der Waals surface area contributed by atoms with E-state index in [-0.39, 0.29) is 5.91 Å². The van der Waals surface area contributed by atoms with Crippen LogP contribution in [0.2, 0.25) is 0 Å². The third-order valence-electron chi connectivity index (χ3n) is 1.94. The molecule has 1 rings (SSSR count). The molecule has 74 valence electrons. The summed E-state index contributed by atoms with van der Waals surface area (Å²) in [5, 5.41) is 5.73. The Kier molecular flexibility index (Phi) is 3.89. The molecule has 0 bridgehead atoms. The molecule has 4 nitrogen and oxygen atoms in total. The number of rotatable bonds is 5. The van der Waals surface area contributed by atoms with Crippen molar-refractivity contribution >= 4 is 11.6 Å². The van der Waals surface area contributed by atoms with Gasteiger partial charge >= 0.3 is 0 Å². The molecule has 0 aromatic heterocycles. The van der Waals surface area contributed by atoms with E-state index in [2.05, 4.69) is 12.0 Å². The third kappa shape index (κ3) is 2.81. The van der Waals surface area contributed by atoms with Crippen molar-refractivity contribution in [2.75, 3.05) is 20.3 Å². The summed E-state index contributed by atoms with van der Waals surface area (Å²) in [5.41, 5.74) is 0.837. The normalized spacial score (nSPS) is 16.6. The second kappa shape index (κ2) is 4.97. The Morgan fingerprint density at radius 3 is 3.00 bits per heavy atom. The Labute approximate surface area is 78.6 Å². The number of hydrogen-bond acceptors (Lipinski definition) is 3. The summed E-state index contributed by atoms with van der Waals surface area (Å²) >= 11 is 0. The van der Waals surface area contributed by atoms with Crippen LogP contribution in [-0.2, 0) is 9.53 Å². The van der Waals surface area contributed by atoms with E-state index in [9.17, 15) is 4.79 Å². The number of unbranched alkanes of at least 4 members (excludes halogenated alkanes) is 1. The van der Waals surface area contributed by atoms with Gasteiger partial charge in [-0.15, -0.1) is 0 Å². The number of carbonyl (C=O) groups is 1. The van der Waals surface area contributed by atoms with Crippen LogP contribution >= 0.6 is 0 Å². The van der Waals surface area contributed by atoms with E-state index in [1.165, 1.54) is 0 Å². The zero-order valence-corrected chi connectivity index (χ0v) is 8.25. The van der Waals surface area contributed by atoms with Gasteiger partial charge in [0.25, 0.3) is 0 Å². The van der Waals surface area contributed by atoms with Crippen LogP contribution in [0.1, 0.15) is 26.2 Å². The summed E-state index contributed by atoms with van der Waals surface area (Å²) < 4.78 is 4.92. The van der Waals surface area contributed by atoms with Crippen LogP contribution in [-0.4, -0.2) is 36.9 Å². The zero-order valence-electron chi connectivity index (χ0n) is 8.25. The SMILES string of the molecule is CCCCN1N=C(COC)CC1=O. The molecule has 0 aromatic rings. The van der Waals surface area contributed by atoms with E-state index in [4.69, 9.17) is 4.74 Å². The summed E-state index contributed by atoms with van der Waals surface area (Å²) in [4.78, 5) is 11.3. The van der Waals surface area contributed by atoms with Gasteiger partial charge in [0.2, 0.25) is 5.91 Å². The van der Waals surface area contributed by atoms with Crippen molar-refractivity contribution in [1.82, 2.24) is 5.01 Å². The summed E-state index contributed by atoms with van der Waals surface area (Å²) in [6.45, 7) is 3.30. The minimum absolute atomic E-state index is 0.0977. The largest absolute Gasteiger partial charge is 0.379 e. The minimum atomic E-state index is 0.0977. The standard InChI is InChI=1S/C9H16N2O2/c1-3-4-5-11-9(12)6-8(10-11)7-13-2/h3-7H2,1-2H3. The maximum atomic E-state index is 11.3. The number of methoxy groups -OCH3 is 1. The van der Waals surface area contributed by atoms with Crippen molar-refractivity contribution in [3.8, 4) is 0 Å². The van der Waals surface area contributed by atoms with Gasteiger partial charge in [0.1, 0.15) is 0 Å². The lowest BCUT2D eigenvalue weighted by molar-refractivity contribution is -0.128. The lowest BCUT2D eigenvalue weighted by Gasteiger charge is -2.09. The van der Waals surface area contributed by atoms with Crippen molar-refractivity contribution in [2.45, 2.75) is 26.2 Å². The number of amides is 1. The molecule has 4 heteroatoms. The van der Waals surface area contributed by atoms with Crippen LogP contribution in [0.25, 0.3) is 0 Å². The first kappa shape index (κ1) is 10.2. The van der Waals surface area contributed by atoms with E-state index in [1.807, 2.05) is 0 Å². The van der Waals surface area contributed by atoms with Gasteiger partial charge in [0.05, 0.1) is 18.7 Å². The Morgan fingerprint density at radius 1 is 1.62 bits per heavy atom. The van der Waals surface area contributed by atoms with E-state index >= 15 is 0 Å². The molecule has 0 saturated heterocycles. The van der Waals surface area contributed by atoms with E-state index in [0.717, 1.165) is 25.1 Å². The maximum absolute atomic E-state index is 11.3. The highest BCUT2D eigenvalue weighted by Crippen LogP contribution is 2.09. The molecule has 1 aliphatic heterocycles. The lowest BCUT2D eigenvalue weighted by atomic mass is 10.3. The van der Waals surface area contributed by atoms with Gasteiger partial charge in [-0.1, -0.05) is 13.3 Å². The smallest absolute Gasteiger partial charge is 0.248 e. The van der Waals surface area contributed by atoms with Crippen molar-refractivity contribution in [3.63, 3.8) is 0 Å². The molecule has 0 aliphatic carbocycles. The number of nitrogens with zero attached hydrogens (tertiary/aromatic N) is 2. The van der Waals surface area contributed by atoms with Gasteiger partial charge in [-0.25, -0.2) is 5.01 Å². The molecule has 0 atom stereocenters. The van der Waals surface area contributed by atoms with E-state index in [0.29, 0.717) is 13.0 Å². The van der Waals surface area contributed by atoms with Crippen LogP contribution in [0.15, 0.2) is 5.10 Å². The molecular formula is C9H16N2O2. The third-order valence-corrected chi connectivity index (χ3v) is 1.94.